The molecule has 1 fully saturated rings. The summed E-state index contributed by atoms with van der Waals surface area (Å²) in [5.74, 6) is 0. The lowest BCUT2D eigenvalue weighted by Crippen LogP contribution is -2.22. The standard InChI is InChI=1S/C14H23N3O2S/c15-20(18,19)17-14-10-6-9-13(11-14)16-12-7-4-2-1-3-5-8-12/h6,9-12,16-17H,1-5,7-8H2,(H2,15,18,19). The second kappa shape index (κ2) is 6.95. The molecule has 5 nitrogen and oxygen atoms in total. The maximum Gasteiger partial charge on any atom is 0.296 e. The minimum absolute atomic E-state index is 0.472. The zero-order chi connectivity index (χ0) is 14.4. The van der Waals surface area contributed by atoms with Crippen LogP contribution in [-0.2, 0) is 10.2 Å². The van der Waals surface area contributed by atoms with Crippen LogP contribution in [0, 0.1) is 0 Å². The van der Waals surface area contributed by atoms with Gasteiger partial charge in [0.25, 0.3) is 10.2 Å². The van der Waals surface area contributed by atoms with E-state index in [1.165, 1.54) is 44.9 Å². The number of benzene rings is 1. The number of hydrogen-bond acceptors (Lipinski definition) is 3. The molecule has 0 heterocycles. The third-order valence-electron chi connectivity index (χ3n) is 3.60. The minimum Gasteiger partial charge on any atom is -0.382 e. The van der Waals surface area contributed by atoms with Gasteiger partial charge in [-0.1, -0.05) is 38.2 Å². The van der Waals surface area contributed by atoms with Crippen LogP contribution in [0.15, 0.2) is 24.3 Å². The van der Waals surface area contributed by atoms with Crippen LogP contribution >= 0.6 is 0 Å². The summed E-state index contributed by atoms with van der Waals surface area (Å²) in [6.45, 7) is 0. The van der Waals surface area contributed by atoms with E-state index in [1.807, 2.05) is 12.1 Å². The van der Waals surface area contributed by atoms with Gasteiger partial charge in [-0.05, 0) is 31.0 Å². The molecule has 112 valence electrons. The van der Waals surface area contributed by atoms with Crippen LogP contribution in [-0.4, -0.2) is 14.5 Å². The predicted molar refractivity (Wildman–Crippen MR) is 82.9 cm³/mol. The summed E-state index contributed by atoms with van der Waals surface area (Å²) in [7, 11) is -3.72. The fraction of sp³-hybridized carbons (Fsp3) is 0.571. The highest BCUT2D eigenvalue weighted by Crippen LogP contribution is 2.22. The van der Waals surface area contributed by atoms with Gasteiger partial charge in [-0.2, -0.15) is 8.42 Å². The van der Waals surface area contributed by atoms with Gasteiger partial charge in [-0.3, -0.25) is 4.72 Å². The van der Waals surface area contributed by atoms with Crippen molar-refractivity contribution in [2.24, 2.45) is 5.14 Å². The molecule has 0 aliphatic heterocycles. The van der Waals surface area contributed by atoms with Gasteiger partial charge in [0, 0.05) is 11.7 Å². The molecule has 0 bridgehead atoms. The van der Waals surface area contributed by atoms with E-state index in [9.17, 15) is 8.42 Å². The zero-order valence-electron chi connectivity index (χ0n) is 11.6. The largest absolute Gasteiger partial charge is 0.382 e. The lowest BCUT2D eigenvalue weighted by atomic mass is 9.96. The predicted octanol–water partition coefficient (Wildman–Crippen LogP) is 2.83. The molecule has 1 saturated carbocycles. The van der Waals surface area contributed by atoms with E-state index in [4.69, 9.17) is 5.14 Å². The summed E-state index contributed by atoms with van der Waals surface area (Å²) in [5, 5.41) is 8.48. The van der Waals surface area contributed by atoms with Crippen molar-refractivity contribution in [1.82, 2.24) is 0 Å². The Kier molecular flexibility index (Phi) is 5.25. The molecule has 1 aliphatic carbocycles. The van der Waals surface area contributed by atoms with Crippen LogP contribution in [0.1, 0.15) is 44.9 Å². The van der Waals surface area contributed by atoms with Crippen molar-refractivity contribution in [3.8, 4) is 0 Å². The molecule has 2 rings (SSSR count). The Balaban J connectivity index is 1.99. The number of rotatable bonds is 4. The molecule has 0 saturated heterocycles. The first-order valence-corrected chi connectivity index (χ1v) is 8.75. The first kappa shape index (κ1) is 15.1. The number of hydrogen-bond donors (Lipinski definition) is 3. The Morgan fingerprint density at radius 1 is 1.00 bits per heavy atom. The van der Waals surface area contributed by atoms with Gasteiger partial charge in [0.15, 0.2) is 0 Å². The van der Waals surface area contributed by atoms with Gasteiger partial charge in [-0.25, -0.2) is 5.14 Å². The van der Waals surface area contributed by atoms with Gasteiger partial charge in [0.05, 0.1) is 5.69 Å². The van der Waals surface area contributed by atoms with Crippen LogP contribution in [0.4, 0.5) is 11.4 Å². The summed E-state index contributed by atoms with van der Waals surface area (Å²) in [6.07, 6.45) is 8.83. The van der Waals surface area contributed by atoms with E-state index in [0.29, 0.717) is 11.7 Å². The molecule has 0 unspecified atom stereocenters. The van der Waals surface area contributed by atoms with Crippen LogP contribution in [0.5, 0.6) is 0 Å². The lowest BCUT2D eigenvalue weighted by Gasteiger charge is -2.22. The summed E-state index contributed by atoms with van der Waals surface area (Å²) in [5.41, 5.74) is 1.42. The fourth-order valence-corrected chi connectivity index (χ4v) is 3.13. The van der Waals surface area contributed by atoms with Crippen molar-refractivity contribution in [2.75, 3.05) is 10.0 Å². The van der Waals surface area contributed by atoms with Crippen molar-refractivity contribution in [3.05, 3.63) is 24.3 Å². The van der Waals surface area contributed by atoms with Crippen molar-refractivity contribution >= 4 is 21.6 Å². The highest BCUT2D eigenvalue weighted by Gasteiger charge is 2.11. The SMILES string of the molecule is NS(=O)(=O)Nc1cccc(NC2CCCCCCC2)c1. The normalized spacial score (nSPS) is 18.1. The molecule has 0 radical (unpaired) electrons. The van der Waals surface area contributed by atoms with Gasteiger partial charge in [0.1, 0.15) is 0 Å². The lowest BCUT2D eigenvalue weighted by molar-refractivity contribution is 0.471. The topological polar surface area (TPSA) is 84.2 Å². The molecular formula is C14H23N3O2S. The Hall–Kier alpha value is -1.27. The Labute approximate surface area is 121 Å². The Morgan fingerprint density at radius 3 is 2.25 bits per heavy atom. The average molecular weight is 297 g/mol. The van der Waals surface area contributed by atoms with Crippen LogP contribution < -0.4 is 15.2 Å². The van der Waals surface area contributed by atoms with Crippen molar-refractivity contribution in [1.29, 1.82) is 0 Å². The van der Waals surface area contributed by atoms with Gasteiger partial charge in [-0.15, -0.1) is 0 Å². The van der Waals surface area contributed by atoms with Gasteiger partial charge >= 0.3 is 0 Å². The molecule has 6 heteroatoms. The molecule has 0 amide bonds. The quantitative estimate of drug-likeness (QED) is 0.799. The minimum atomic E-state index is -3.72. The molecule has 1 aromatic rings. The molecule has 20 heavy (non-hydrogen) atoms. The van der Waals surface area contributed by atoms with E-state index >= 15 is 0 Å². The first-order valence-electron chi connectivity index (χ1n) is 7.20. The van der Waals surface area contributed by atoms with E-state index < -0.39 is 10.2 Å². The summed E-state index contributed by atoms with van der Waals surface area (Å²) >= 11 is 0. The number of anilines is 2. The molecule has 0 atom stereocenters. The van der Waals surface area contributed by atoms with E-state index in [2.05, 4.69) is 10.0 Å². The van der Waals surface area contributed by atoms with Crippen molar-refractivity contribution < 1.29 is 8.42 Å². The summed E-state index contributed by atoms with van der Waals surface area (Å²) < 4.78 is 24.4. The molecule has 1 aromatic carbocycles. The average Bonchev–Trinajstić information content (AvgIpc) is 2.31. The van der Waals surface area contributed by atoms with Gasteiger partial charge in [0.2, 0.25) is 0 Å². The molecular weight excluding hydrogens is 274 g/mol. The van der Waals surface area contributed by atoms with Crippen LogP contribution in [0.25, 0.3) is 0 Å². The molecule has 0 aromatic heterocycles. The fourth-order valence-electron chi connectivity index (χ4n) is 2.67. The van der Waals surface area contributed by atoms with Crippen LogP contribution in [0.3, 0.4) is 0 Å². The summed E-state index contributed by atoms with van der Waals surface area (Å²) in [6, 6.07) is 7.71. The molecule has 1 aliphatic rings. The van der Waals surface area contributed by atoms with E-state index in [0.717, 1.165) is 5.69 Å². The monoisotopic (exact) mass is 297 g/mol. The highest BCUT2D eigenvalue weighted by atomic mass is 32.2. The zero-order valence-corrected chi connectivity index (χ0v) is 12.5. The second-order valence-corrected chi connectivity index (χ2v) is 6.71. The number of nitrogens with one attached hydrogen (secondary N) is 2. The third kappa shape index (κ3) is 5.38. The van der Waals surface area contributed by atoms with E-state index in [-0.39, 0.29) is 0 Å². The molecule has 0 spiro atoms. The maximum atomic E-state index is 11.0. The van der Waals surface area contributed by atoms with Gasteiger partial charge < -0.3 is 5.32 Å². The Bertz CT molecular complexity index is 523. The first-order chi connectivity index (χ1) is 9.53. The second-order valence-electron chi connectivity index (χ2n) is 5.41. The Morgan fingerprint density at radius 2 is 1.60 bits per heavy atom. The van der Waals surface area contributed by atoms with Crippen molar-refractivity contribution in [3.63, 3.8) is 0 Å². The van der Waals surface area contributed by atoms with E-state index in [1.54, 1.807) is 12.1 Å². The van der Waals surface area contributed by atoms with Crippen molar-refractivity contribution in [2.45, 2.75) is 51.0 Å². The molecule has 4 N–H and O–H groups in total. The third-order valence-corrected chi connectivity index (χ3v) is 4.12. The highest BCUT2D eigenvalue weighted by molar-refractivity contribution is 7.90. The van der Waals surface area contributed by atoms with Crippen LogP contribution in [0.2, 0.25) is 0 Å². The summed E-state index contributed by atoms with van der Waals surface area (Å²) in [4.78, 5) is 0. The number of nitrogens with two attached hydrogens (primary N) is 1. The smallest absolute Gasteiger partial charge is 0.296 e. The maximum absolute atomic E-state index is 11.0.